The van der Waals surface area contributed by atoms with Crippen LogP contribution >= 0.6 is 0 Å². The molecule has 1 N–H and O–H groups in total. The summed E-state index contributed by atoms with van der Waals surface area (Å²) in [6.45, 7) is 8.03. The number of ketones is 1. The van der Waals surface area contributed by atoms with E-state index in [2.05, 4.69) is 91.5 Å². The van der Waals surface area contributed by atoms with Crippen LogP contribution in [0.15, 0.2) is 83.4 Å². The maximum absolute atomic E-state index is 13.6. The maximum Gasteiger partial charge on any atom is 0.162 e. The molecule has 0 bridgehead atoms. The smallest absolute Gasteiger partial charge is 0.162 e. The highest BCUT2D eigenvalue weighted by molar-refractivity contribution is 6.14. The molecule has 3 nitrogen and oxygen atoms in total. The van der Waals surface area contributed by atoms with Crippen LogP contribution in [0, 0.1) is 5.41 Å². The van der Waals surface area contributed by atoms with Gasteiger partial charge in [-0.1, -0.05) is 56.3 Å². The monoisotopic (exact) mass is 430 g/mol. The fraction of sp³-hybridized carbons (Fsp3) is 0.200. The number of nitrogens with zero attached hydrogens (tertiary/aromatic N) is 1. The minimum absolute atomic E-state index is 0.0648. The van der Waals surface area contributed by atoms with Crippen molar-refractivity contribution in [2.45, 2.75) is 32.7 Å². The number of nitrogens with one attached hydrogen (secondary N) is 1. The first-order chi connectivity index (χ1) is 15.9. The fourth-order valence-corrected chi connectivity index (χ4v) is 5.60. The van der Waals surface area contributed by atoms with Gasteiger partial charge < -0.3 is 5.32 Å². The Kier molecular flexibility index (Phi) is 4.31. The second-order valence-corrected chi connectivity index (χ2v) is 10.1. The Hall–Kier alpha value is -3.72. The third-order valence-electron chi connectivity index (χ3n) is 7.11. The number of fused-ring (bicyclic) bond motifs is 5. The number of anilines is 1. The molecule has 4 aromatic carbocycles. The lowest BCUT2D eigenvalue weighted by atomic mass is 9.68. The molecule has 1 aliphatic carbocycles. The quantitative estimate of drug-likeness (QED) is 0.262. The van der Waals surface area contributed by atoms with E-state index in [4.69, 9.17) is 0 Å². The highest BCUT2D eigenvalue weighted by atomic mass is 16.1. The van der Waals surface area contributed by atoms with E-state index in [-0.39, 0.29) is 17.2 Å². The molecule has 0 aromatic heterocycles. The molecule has 4 aromatic rings. The van der Waals surface area contributed by atoms with Crippen molar-refractivity contribution in [2.24, 2.45) is 10.4 Å². The first-order valence-corrected chi connectivity index (χ1v) is 11.5. The number of carbonyl (C=O) groups excluding carboxylic acids is 1. The molecule has 33 heavy (non-hydrogen) atoms. The van der Waals surface area contributed by atoms with E-state index in [0.717, 1.165) is 28.9 Å². The average Bonchev–Trinajstić information content (AvgIpc) is 2.81. The zero-order chi connectivity index (χ0) is 22.7. The van der Waals surface area contributed by atoms with Crippen LogP contribution < -0.4 is 5.32 Å². The van der Waals surface area contributed by atoms with Gasteiger partial charge in [0.2, 0.25) is 0 Å². The molecule has 1 aliphatic heterocycles. The number of aliphatic imine (C=N–C) groups is 1. The van der Waals surface area contributed by atoms with Crippen LogP contribution in [0.4, 0.5) is 11.4 Å². The summed E-state index contributed by atoms with van der Waals surface area (Å²) in [6.07, 6.45) is 1.46. The van der Waals surface area contributed by atoms with E-state index in [1.807, 2.05) is 12.1 Å². The number of hydrogen-bond acceptors (Lipinski definition) is 3. The summed E-state index contributed by atoms with van der Waals surface area (Å²) in [7, 11) is 0. The molecule has 0 saturated heterocycles. The van der Waals surface area contributed by atoms with Crippen LogP contribution in [-0.2, 0) is 4.79 Å². The van der Waals surface area contributed by atoms with E-state index in [9.17, 15) is 4.79 Å². The molecule has 0 amide bonds. The normalized spacial score (nSPS) is 19.2. The SMILES string of the molecule is C=Nc1ccc(C2Nc3ccc4cc5ccccc5cc4c3C3=C2C(=O)CC(C)(C)C3)cc1. The minimum atomic E-state index is -0.159. The summed E-state index contributed by atoms with van der Waals surface area (Å²) in [5.74, 6) is 0.244. The zero-order valence-electron chi connectivity index (χ0n) is 19.0. The first kappa shape index (κ1) is 19.9. The Labute approximate surface area is 193 Å². The Morgan fingerprint density at radius 3 is 2.36 bits per heavy atom. The van der Waals surface area contributed by atoms with Gasteiger partial charge in [-0.25, -0.2) is 0 Å². The number of carbonyl (C=O) groups is 1. The molecule has 0 spiro atoms. The summed E-state index contributed by atoms with van der Waals surface area (Å²) in [5, 5.41) is 8.59. The number of benzene rings is 4. The van der Waals surface area contributed by atoms with Crippen molar-refractivity contribution in [3.05, 3.63) is 89.5 Å². The van der Waals surface area contributed by atoms with E-state index < -0.39 is 0 Å². The predicted molar refractivity (Wildman–Crippen MR) is 138 cm³/mol. The Morgan fingerprint density at radius 1 is 0.909 bits per heavy atom. The molecule has 162 valence electrons. The summed E-state index contributed by atoms with van der Waals surface area (Å²) in [6, 6.07) is 25.3. The Bertz CT molecular complexity index is 1490. The van der Waals surface area contributed by atoms with Crippen LogP contribution in [0.3, 0.4) is 0 Å². The molecule has 3 heteroatoms. The van der Waals surface area contributed by atoms with E-state index >= 15 is 0 Å². The average molecular weight is 431 g/mol. The number of Topliss-reactive ketones (excluding diaryl/α,β-unsaturated/α-hetero) is 1. The van der Waals surface area contributed by atoms with Gasteiger partial charge in [-0.2, -0.15) is 0 Å². The van der Waals surface area contributed by atoms with Crippen molar-refractivity contribution in [1.29, 1.82) is 0 Å². The highest BCUT2D eigenvalue weighted by Gasteiger charge is 2.40. The van der Waals surface area contributed by atoms with Crippen molar-refractivity contribution < 1.29 is 4.79 Å². The van der Waals surface area contributed by atoms with Crippen LogP contribution in [-0.4, -0.2) is 12.5 Å². The zero-order valence-corrected chi connectivity index (χ0v) is 19.0. The fourth-order valence-electron chi connectivity index (χ4n) is 5.60. The van der Waals surface area contributed by atoms with Crippen molar-refractivity contribution in [3.8, 4) is 0 Å². The lowest BCUT2D eigenvalue weighted by Gasteiger charge is -2.40. The van der Waals surface area contributed by atoms with Gasteiger partial charge in [0.05, 0.1) is 11.7 Å². The first-order valence-electron chi connectivity index (χ1n) is 11.5. The van der Waals surface area contributed by atoms with Gasteiger partial charge in [-0.15, -0.1) is 0 Å². The molecule has 1 heterocycles. The summed E-state index contributed by atoms with van der Waals surface area (Å²) >= 11 is 0. The standard InChI is InChI=1S/C30H26N2O/c1-30(2)16-24-27-23-15-20-7-5-4-6-19(20)14-21(23)10-13-25(27)32-29(28(24)26(33)17-30)18-8-11-22(31-3)12-9-18/h4-15,29,32H,3,16-17H2,1-2H3. The van der Waals surface area contributed by atoms with Gasteiger partial charge in [0.15, 0.2) is 5.78 Å². The van der Waals surface area contributed by atoms with Gasteiger partial charge in [0.1, 0.15) is 0 Å². The summed E-state index contributed by atoms with van der Waals surface area (Å²) in [4.78, 5) is 17.6. The molecular formula is C30H26N2O. The molecule has 6 rings (SSSR count). The molecular weight excluding hydrogens is 404 g/mol. The minimum Gasteiger partial charge on any atom is -0.373 e. The number of rotatable bonds is 2. The molecule has 0 fully saturated rings. The lowest BCUT2D eigenvalue weighted by molar-refractivity contribution is -0.118. The maximum atomic E-state index is 13.6. The van der Waals surface area contributed by atoms with Crippen LogP contribution in [0.1, 0.15) is 43.9 Å². The van der Waals surface area contributed by atoms with Crippen LogP contribution in [0.25, 0.3) is 27.1 Å². The molecule has 1 unspecified atom stereocenters. The van der Waals surface area contributed by atoms with E-state index in [0.29, 0.717) is 6.42 Å². The molecule has 1 atom stereocenters. The summed E-state index contributed by atoms with van der Waals surface area (Å²) < 4.78 is 0. The van der Waals surface area contributed by atoms with E-state index in [1.54, 1.807) is 0 Å². The number of hydrogen-bond donors (Lipinski definition) is 1. The van der Waals surface area contributed by atoms with Gasteiger partial charge in [-0.3, -0.25) is 9.79 Å². The topological polar surface area (TPSA) is 41.5 Å². The molecule has 0 radical (unpaired) electrons. The van der Waals surface area contributed by atoms with Crippen molar-refractivity contribution in [2.75, 3.05) is 5.32 Å². The second-order valence-electron chi connectivity index (χ2n) is 10.1. The van der Waals surface area contributed by atoms with Crippen LogP contribution in [0.5, 0.6) is 0 Å². The number of allylic oxidation sites excluding steroid dienone is 1. The predicted octanol–water partition coefficient (Wildman–Crippen LogP) is 7.63. The van der Waals surface area contributed by atoms with Gasteiger partial charge in [0, 0.05) is 23.2 Å². The Morgan fingerprint density at radius 2 is 1.64 bits per heavy atom. The molecule has 0 saturated carbocycles. The molecule has 2 aliphatic rings. The van der Waals surface area contributed by atoms with Gasteiger partial charge in [-0.05, 0) is 81.6 Å². The third kappa shape index (κ3) is 3.19. The van der Waals surface area contributed by atoms with Crippen molar-refractivity contribution in [3.63, 3.8) is 0 Å². The third-order valence-corrected chi connectivity index (χ3v) is 7.11. The van der Waals surface area contributed by atoms with E-state index in [1.165, 1.54) is 32.7 Å². The second kappa shape index (κ2) is 7.14. The van der Waals surface area contributed by atoms with Crippen molar-refractivity contribution in [1.82, 2.24) is 0 Å². The largest absolute Gasteiger partial charge is 0.373 e. The van der Waals surface area contributed by atoms with Crippen LogP contribution in [0.2, 0.25) is 0 Å². The Balaban J connectivity index is 1.63. The van der Waals surface area contributed by atoms with Crippen molar-refractivity contribution >= 4 is 51.0 Å². The van der Waals surface area contributed by atoms with Gasteiger partial charge in [0.25, 0.3) is 0 Å². The summed E-state index contributed by atoms with van der Waals surface area (Å²) in [5.41, 5.74) is 6.24. The highest BCUT2D eigenvalue weighted by Crippen LogP contribution is 2.52. The van der Waals surface area contributed by atoms with Gasteiger partial charge >= 0.3 is 0 Å². The lowest BCUT2D eigenvalue weighted by Crippen LogP contribution is -2.33.